The second-order valence-electron chi connectivity index (χ2n) is 5.63. The van der Waals surface area contributed by atoms with Crippen molar-refractivity contribution in [2.45, 2.75) is 0 Å². The van der Waals surface area contributed by atoms with Crippen LogP contribution in [0.1, 0.15) is 10.4 Å². The number of nitro groups is 1. The normalized spacial score (nSPS) is 10.4. The van der Waals surface area contributed by atoms with Crippen LogP contribution < -0.4 is 16.2 Å². The quantitative estimate of drug-likeness (QED) is 0.370. The molecule has 0 saturated heterocycles. The van der Waals surface area contributed by atoms with Gasteiger partial charge in [0.05, 0.1) is 21.2 Å². The Kier molecular flexibility index (Phi) is 6.23. The fourth-order valence-corrected chi connectivity index (χ4v) is 2.80. The van der Waals surface area contributed by atoms with E-state index < -0.39 is 34.0 Å². The number of hydrogen-bond donors (Lipinski definition) is 3. The van der Waals surface area contributed by atoms with Crippen LogP contribution in [0.3, 0.4) is 0 Å². The second kappa shape index (κ2) is 8.84. The third kappa shape index (κ3) is 4.70. The summed E-state index contributed by atoms with van der Waals surface area (Å²) in [4.78, 5) is 30.4. The number of nitrogens with one attached hydrogen (secondary N) is 3. The van der Waals surface area contributed by atoms with Crippen molar-refractivity contribution in [1.82, 2.24) is 15.4 Å². The van der Waals surface area contributed by atoms with E-state index in [0.29, 0.717) is 11.1 Å². The highest BCUT2D eigenvalue weighted by molar-refractivity contribution is 6.36. The van der Waals surface area contributed by atoms with Crippen molar-refractivity contribution in [3.05, 3.63) is 80.1 Å². The third-order valence-corrected chi connectivity index (χ3v) is 4.21. The highest BCUT2D eigenvalue weighted by atomic mass is 35.5. The lowest BCUT2D eigenvalue weighted by Crippen LogP contribution is -2.30. The Hall–Kier alpha value is -3.57. The lowest BCUT2D eigenvalue weighted by Gasteiger charge is -2.12. The number of amides is 1. The summed E-state index contributed by atoms with van der Waals surface area (Å²) in [7, 11) is 0. The molecular formula is C17H10Cl2F2N6O3. The van der Waals surface area contributed by atoms with Crippen LogP contribution in [-0.4, -0.2) is 20.8 Å². The standard InChI is InChI=1S/C17H10Cl2F2N6O3/c18-8-1-3-10(11(19)5-8)17(28)26-25-16-14(27(29)30)15(22-7-23-16)24-13-4-2-9(20)6-12(13)21/h1-7H,(H,26,28)(H2,22,23,24,25). The van der Waals surface area contributed by atoms with E-state index in [0.717, 1.165) is 18.5 Å². The summed E-state index contributed by atoms with van der Waals surface area (Å²) < 4.78 is 26.9. The van der Waals surface area contributed by atoms with Gasteiger partial charge in [0.25, 0.3) is 5.91 Å². The topological polar surface area (TPSA) is 122 Å². The lowest BCUT2D eigenvalue weighted by molar-refractivity contribution is -0.383. The highest BCUT2D eigenvalue weighted by Gasteiger charge is 2.24. The molecule has 0 radical (unpaired) electrons. The summed E-state index contributed by atoms with van der Waals surface area (Å²) in [6.07, 6.45) is 0.945. The van der Waals surface area contributed by atoms with E-state index in [1.807, 2.05) is 0 Å². The van der Waals surface area contributed by atoms with Gasteiger partial charge in [0.15, 0.2) is 0 Å². The molecule has 0 fully saturated rings. The first-order chi connectivity index (χ1) is 14.3. The molecule has 3 rings (SSSR count). The van der Waals surface area contributed by atoms with E-state index in [1.54, 1.807) is 0 Å². The molecule has 3 N–H and O–H groups in total. The molecule has 2 aromatic carbocycles. The third-order valence-electron chi connectivity index (χ3n) is 3.66. The smallest absolute Gasteiger partial charge is 0.332 e. The number of benzene rings is 2. The summed E-state index contributed by atoms with van der Waals surface area (Å²) in [5.41, 5.74) is 3.64. The number of rotatable bonds is 6. The number of nitrogens with zero attached hydrogens (tertiary/aromatic N) is 3. The van der Waals surface area contributed by atoms with Crippen LogP contribution in [0.2, 0.25) is 10.0 Å². The first-order valence-electron chi connectivity index (χ1n) is 7.99. The molecule has 1 amide bonds. The van der Waals surface area contributed by atoms with E-state index in [4.69, 9.17) is 23.2 Å². The molecule has 0 aliphatic heterocycles. The average molecular weight is 455 g/mol. The molecule has 30 heavy (non-hydrogen) atoms. The minimum atomic E-state index is -0.983. The van der Waals surface area contributed by atoms with Crippen molar-refractivity contribution in [2.24, 2.45) is 0 Å². The molecule has 0 bridgehead atoms. The zero-order valence-corrected chi connectivity index (χ0v) is 16.1. The molecule has 13 heteroatoms. The van der Waals surface area contributed by atoms with Crippen LogP contribution in [0, 0.1) is 21.7 Å². The van der Waals surface area contributed by atoms with Crippen molar-refractivity contribution in [1.29, 1.82) is 0 Å². The fourth-order valence-electron chi connectivity index (χ4n) is 2.31. The van der Waals surface area contributed by atoms with Gasteiger partial charge in [-0.25, -0.2) is 18.7 Å². The highest BCUT2D eigenvalue weighted by Crippen LogP contribution is 2.31. The molecule has 0 aliphatic rings. The molecule has 154 valence electrons. The molecule has 0 spiro atoms. The molecule has 9 nitrogen and oxygen atoms in total. The number of aromatic nitrogens is 2. The van der Waals surface area contributed by atoms with Crippen LogP contribution in [0.25, 0.3) is 0 Å². The number of hydrogen-bond acceptors (Lipinski definition) is 7. The number of carbonyl (C=O) groups excluding carboxylic acids is 1. The number of hydrazine groups is 1. The van der Waals surface area contributed by atoms with Crippen LogP contribution in [0.15, 0.2) is 42.7 Å². The predicted molar refractivity (Wildman–Crippen MR) is 106 cm³/mol. The van der Waals surface area contributed by atoms with E-state index in [-0.39, 0.29) is 22.1 Å². The Balaban J connectivity index is 1.85. The molecule has 0 saturated carbocycles. The van der Waals surface area contributed by atoms with Crippen molar-refractivity contribution in [3.63, 3.8) is 0 Å². The van der Waals surface area contributed by atoms with Gasteiger partial charge in [0.1, 0.15) is 18.0 Å². The Bertz CT molecular complexity index is 1150. The van der Waals surface area contributed by atoms with E-state index in [1.165, 1.54) is 18.2 Å². The minimum Gasteiger partial charge on any atom is -0.332 e. The monoisotopic (exact) mass is 454 g/mol. The summed E-state index contributed by atoms with van der Waals surface area (Å²) in [5.74, 6) is -3.30. The van der Waals surface area contributed by atoms with Gasteiger partial charge in [0.2, 0.25) is 11.6 Å². The maximum Gasteiger partial charge on any atom is 0.355 e. The summed E-state index contributed by atoms with van der Waals surface area (Å²) in [6.45, 7) is 0. The summed E-state index contributed by atoms with van der Waals surface area (Å²) in [5, 5.41) is 14.3. The number of halogens is 4. The van der Waals surface area contributed by atoms with Gasteiger partial charge in [-0.3, -0.25) is 25.8 Å². The first kappa shape index (κ1) is 21.1. The predicted octanol–water partition coefficient (Wildman–Crippen LogP) is 4.47. The van der Waals surface area contributed by atoms with Gasteiger partial charge in [0, 0.05) is 11.1 Å². The van der Waals surface area contributed by atoms with Crippen molar-refractivity contribution < 1.29 is 18.5 Å². The van der Waals surface area contributed by atoms with Gasteiger partial charge in [-0.05, 0) is 30.3 Å². The fraction of sp³-hybridized carbons (Fsp3) is 0. The SMILES string of the molecule is O=C(NNc1ncnc(Nc2ccc(F)cc2F)c1[N+](=O)[O-])c1ccc(Cl)cc1Cl. The number of carbonyl (C=O) groups is 1. The Morgan fingerprint density at radius 2 is 1.80 bits per heavy atom. The average Bonchev–Trinajstić information content (AvgIpc) is 2.68. The maximum atomic E-state index is 13.9. The lowest BCUT2D eigenvalue weighted by atomic mass is 10.2. The van der Waals surface area contributed by atoms with Gasteiger partial charge in [-0.2, -0.15) is 0 Å². The molecule has 0 unspecified atom stereocenters. The zero-order valence-electron chi connectivity index (χ0n) is 14.6. The largest absolute Gasteiger partial charge is 0.355 e. The van der Waals surface area contributed by atoms with Crippen LogP contribution >= 0.6 is 23.2 Å². The molecule has 1 heterocycles. The van der Waals surface area contributed by atoms with Gasteiger partial charge in [-0.1, -0.05) is 23.2 Å². The van der Waals surface area contributed by atoms with Gasteiger partial charge >= 0.3 is 5.69 Å². The van der Waals surface area contributed by atoms with Crippen molar-refractivity contribution in [2.75, 3.05) is 10.7 Å². The Morgan fingerprint density at radius 1 is 1.07 bits per heavy atom. The molecule has 0 aliphatic carbocycles. The van der Waals surface area contributed by atoms with E-state index >= 15 is 0 Å². The van der Waals surface area contributed by atoms with Crippen molar-refractivity contribution >= 4 is 52.1 Å². The van der Waals surface area contributed by atoms with Crippen LogP contribution in [-0.2, 0) is 0 Å². The zero-order chi connectivity index (χ0) is 21.8. The maximum absolute atomic E-state index is 13.9. The summed E-state index contributed by atoms with van der Waals surface area (Å²) in [6, 6.07) is 6.77. The van der Waals surface area contributed by atoms with Crippen LogP contribution in [0.5, 0.6) is 0 Å². The Morgan fingerprint density at radius 3 is 2.47 bits per heavy atom. The van der Waals surface area contributed by atoms with Gasteiger partial charge < -0.3 is 5.32 Å². The van der Waals surface area contributed by atoms with Crippen LogP contribution in [0.4, 0.5) is 31.8 Å². The number of anilines is 3. The summed E-state index contributed by atoms with van der Waals surface area (Å²) >= 11 is 11.7. The van der Waals surface area contributed by atoms with Gasteiger partial charge in [-0.15, -0.1) is 0 Å². The van der Waals surface area contributed by atoms with E-state index in [9.17, 15) is 23.7 Å². The molecule has 3 aromatic rings. The van der Waals surface area contributed by atoms with E-state index in [2.05, 4.69) is 26.1 Å². The minimum absolute atomic E-state index is 0.0528. The van der Waals surface area contributed by atoms with Crippen molar-refractivity contribution in [3.8, 4) is 0 Å². The second-order valence-corrected chi connectivity index (χ2v) is 6.47. The first-order valence-corrected chi connectivity index (χ1v) is 8.74. The molecular weight excluding hydrogens is 445 g/mol. The molecule has 1 aromatic heterocycles. The molecule has 0 atom stereocenters. The Labute approximate surface area is 177 Å².